The average molecular weight is 507 g/mol. The maximum atomic E-state index is 6.92. The number of hydrogen-bond donors (Lipinski definition) is 0. The molecule has 0 spiro atoms. The van der Waals surface area contributed by atoms with Gasteiger partial charge in [0.2, 0.25) is 0 Å². The second-order valence-corrected chi connectivity index (χ2v) is 21.7. The first-order valence-corrected chi connectivity index (χ1v) is 19.6. The van der Waals surface area contributed by atoms with Crippen LogP contribution in [0.15, 0.2) is 60.8 Å². The Bertz CT molecular complexity index is 1660. The van der Waals surface area contributed by atoms with Crippen LogP contribution in [0.2, 0.25) is 17.3 Å². The number of aromatic nitrogens is 1. The van der Waals surface area contributed by atoms with E-state index in [9.17, 15) is 0 Å². The zero-order chi connectivity index (χ0) is 23.9. The molecular formula is C31H32GeNO+. The molecule has 0 radical (unpaired) electrons. The summed E-state index contributed by atoms with van der Waals surface area (Å²) in [7, 11) is 2.18. The molecule has 3 heteroatoms. The molecule has 6 rings (SSSR count). The van der Waals surface area contributed by atoms with Crippen molar-refractivity contribution < 1.29 is 9.30 Å². The zero-order valence-electron chi connectivity index (χ0n) is 21.2. The number of ether oxygens (including phenoxy) is 1. The van der Waals surface area contributed by atoms with Gasteiger partial charge in [0, 0.05) is 0 Å². The molecule has 0 atom stereocenters. The van der Waals surface area contributed by atoms with E-state index in [1.165, 1.54) is 54.7 Å². The molecule has 0 saturated carbocycles. The van der Waals surface area contributed by atoms with Crippen molar-refractivity contribution in [2.45, 2.75) is 44.0 Å². The molecule has 5 aromatic rings. The van der Waals surface area contributed by atoms with Crippen molar-refractivity contribution in [2.24, 2.45) is 7.05 Å². The molecule has 0 fully saturated rings. The van der Waals surface area contributed by atoms with Gasteiger partial charge in [-0.3, -0.25) is 0 Å². The van der Waals surface area contributed by atoms with Crippen LogP contribution in [0.25, 0.3) is 43.6 Å². The minimum atomic E-state index is -2.10. The second-order valence-electron chi connectivity index (χ2n) is 11.1. The van der Waals surface area contributed by atoms with Crippen LogP contribution in [0.3, 0.4) is 0 Å². The number of pyridine rings is 1. The van der Waals surface area contributed by atoms with E-state index in [-0.39, 0.29) is 0 Å². The van der Waals surface area contributed by atoms with Crippen molar-refractivity contribution in [3.63, 3.8) is 0 Å². The van der Waals surface area contributed by atoms with Gasteiger partial charge in [-0.15, -0.1) is 0 Å². The monoisotopic (exact) mass is 508 g/mol. The van der Waals surface area contributed by atoms with Crippen LogP contribution < -0.4 is 13.7 Å². The van der Waals surface area contributed by atoms with Crippen molar-refractivity contribution in [1.29, 1.82) is 0 Å². The first kappa shape index (κ1) is 21.7. The predicted molar refractivity (Wildman–Crippen MR) is 147 cm³/mol. The molecule has 0 N–H and O–H groups in total. The fraction of sp³-hybridized carbons (Fsp3) is 0.258. The molecule has 1 aliphatic heterocycles. The van der Waals surface area contributed by atoms with Gasteiger partial charge in [-0.05, 0) is 0 Å². The third-order valence-corrected chi connectivity index (χ3v) is 11.8. The van der Waals surface area contributed by atoms with E-state index in [0.717, 1.165) is 11.5 Å². The van der Waals surface area contributed by atoms with Crippen LogP contribution >= 0.6 is 0 Å². The SMILES string of the molecule is Cc1c2c(c(C(C)C)c3ccccc13)Oc1cc3ccc[c]([Ge]([CH3])([CH3])[CH3])c3c3cc[n+](C)c-2c13. The zero-order valence-corrected chi connectivity index (χ0v) is 23.3. The van der Waals surface area contributed by atoms with Gasteiger partial charge in [-0.2, -0.15) is 0 Å². The van der Waals surface area contributed by atoms with E-state index in [0.29, 0.717) is 5.92 Å². The Morgan fingerprint density at radius 2 is 1.59 bits per heavy atom. The molecule has 0 saturated heterocycles. The molecule has 2 heterocycles. The minimum absolute atomic E-state index is 0.353. The summed E-state index contributed by atoms with van der Waals surface area (Å²) in [6.07, 6.45) is 2.24. The van der Waals surface area contributed by atoms with Crippen molar-refractivity contribution in [3.8, 4) is 22.8 Å². The van der Waals surface area contributed by atoms with Gasteiger partial charge < -0.3 is 0 Å². The molecule has 4 aromatic carbocycles. The van der Waals surface area contributed by atoms with Crippen molar-refractivity contribution >= 4 is 50.0 Å². The van der Waals surface area contributed by atoms with Gasteiger partial charge >= 0.3 is 205 Å². The number of rotatable bonds is 2. The fourth-order valence-electron chi connectivity index (χ4n) is 6.00. The van der Waals surface area contributed by atoms with Gasteiger partial charge in [0.25, 0.3) is 0 Å². The summed E-state index contributed by atoms with van der Waals surface area (Å²) >= 11 is -2.10. The molecule has 2 nitrogen and oxygen atoms in total. The molecule has 170 valence electrons. The van der Waals surface area contributed by atoms with Crippen molar-refractivity contribution in [3.05, 3.63) is 71.9 Å². The van der Waals surface area contributed by atoms with Gasteiger partial charge in [0.1, 0.15) is 0 Å². The van der Waals surface area contributed by atoms with Gasteiger partial charge in [0.05, 0.1) is 0 Å². The van der Waals surface area contributed by atoms with E-state index in [1.807, 2.05) is 0 Å². The maximum absolute atomic E-state index is 6.92. The summed E-state index contributed by atoms with van der Waals surface area (Å²) in [6, 6.07) is 20.2. The fourth-order valence-corrected chi connectivity index (χ4v) is 9.41. The van der Waals surface area contributed by atoms with E-state index < -0.39 is 13.3 Å². The number of fused-ring (bicyclic) bond motifs is 5. The standard InChI is InChI=1S/C31H32GeNO/c1-18(2)26-22-13-9-8-12-21(22)19(3)27-30-29-23(15-16-33(30)7)28-20(17-25(29)34-31(26)27)11-10-14-24(28)32(4,5)6/h8-18H,1-7H3/q+1. The summed E-state index contributed by atoms with van der Waals surface area (Å²) in [5.74, 6) is 9.83. The van der Waals surface area contributed by atoms with Crippen LogP contribution in [0.4, 0.5) is 0 Å². The predicted octanol–water partition coefficient (Wildman–Crippen LogP) is 7.72. The van der Waals surface area contributed by atoms with Crippen LogP contribution in [0.1, 0.15) is 30.9 Å². The van der Waals surface area contributed by atoms with E-state index in [1.54, 1.807) is 4.40 Å². The molecule has 0 amide bonds. The van der Waals surface area contributed by atoms with Crippen LogP contribution in [-0.4, -0.2) is 13.3 Å². The van der Waals surface area contributed by atoms with Gasteiger partial charge in [0.15, 0.2) is 0 Å². The van der Waals surface area contributed by atoms with E-state index >= 15 is 0 Å². The normalized spacial score (nSPS) is 13.1. The molecule has 1 aromatic heterocycles. The van der Waals surface area contributed by atoms with Crippen LogP contribution in [0.5, 0.6) is 11.5 Å². The summed E-state index contributed by atoms with van der Waals surface area (Å²) in [5.41, 5.74) is 5.12. The molecule has 0 bridgehead atoms. The number of aryl methyl sites for hydroxylation is 2. The number of benzene rings is 4. The van der Waals surface area contributed by atoms with Crippen LogP contribution in [-0.2, 0) is 7.05 Å². The molecular weight excluding hydrogens is 475 g/mol. The number of nitrogens with zero attached hydrogens (tertiary/aromatic N) is 1. The van der Waals surface area contributed by atoms with Crippen LogP contribution in [0, 0.1) is 6.92 Å². The van der Waals surface area contributed by atoms with Crippen molar-refractivity contribution in [2.75, 3.05) is 0 Å². The Balaban J connectivity index is 1.86. The Morgan fingerprint density at radius 1 is 0.853 bits per heavy atom. The third kappa shape index (κ3) is 2.91. The summed E-state index contributed by atoms with van der Waals surface area (Å²) in [6.45, 7) is 6.81. The Kier molecular flexibility index (Phi) is 4.67. The summed E-state index contributed by atoms with van der Waals surface area (Å²) in [4.78, 5) is 0. The molecule has 34 heavy (non-hydrogen) atoms. The number of hydrogen-bond acceptors (Lipinski definition) is 1. The topological polar surface area (TPSA) is 13.1 Å². The first-order chi connectivity index (χ1) is 16.2. The summed E-state index contributed by atoms with van der Waals surface area (Å²) < 4.78 is 10.8. The Hall–Kier alpha value is -2.85. The average Bonchev–Trinajstić information content (AvgIpc) is 2.79. The Labute approximate surface area is 204 Å². The second kappa shape index (κ2) is 7.32. The summed E-state index contributed by atoms with van der Waals surface area (Å²) in [5, 5.41) is 7.90. The van der Waals surface area contributed by atoms with E-state index in [2.05, 4.69) is 110 Å². The Morgan fingerprint density at radius 3 is 2.29 bits per heavy atom. The first-order valence-electron chi connectivity index (χ1n) is 12.3. The van der Waals surface area contributed by atoms with E-state index in [4.69, 9.17) is 4.74 Å². The van der Waals surface area contributed by atoms with Crippen molar-refractivity contribution in [1.82, 2.24) is 0 Å². The molecule has 0 unspecified atom stereocenters. The van der Waals surface area contributed by atoms with Gasteiger partial charge in [-0.1, -0.05) is 0 Å². The third-order valence-electron chi connectivity index (χ3n) is 7.52. The molecule has 0 aliphatic carbocycles. The van der Waals surface area contributed by atoms with Gasteiger partial charge in [-0.25, -0.2) is 0 Å². The quantitative estimate of drug-likeness (QED) is 0.133. The molecule has 1 aliphatic rings.